The number of likely N-dealkylation sites (tertiary alicyclic amines) is 1. The predicted octanol–water partition coefficient (Wildman–Crippen LogP) is 3.43. The minimum Gasteiger partial charge on any atom is -0.390 e. The van der Waals surface area contributed by atoms with Gasteiger partial charge in [0.2, 0.25) is 5.91 Å². The van der Waals surface area contributed by atoms with Gasteiger partial charge in [0.1, 0.15) is 0 Å². The quantitative estimate of drug-likeness (QED) is 0.764. The van der Waals surface area contributed by atoms with Crippen molar-refractivity contribution < 1.29 is 9.90 Å². The average molecular weight is 394 g/mol. The highest BCUT2D eigenvalue weighted by Crippen LogP contribution is 2.22. The molecule has 2 heterocycles. The van der Waals surface area contributed by atoms with E-state index in [-0.39, 0.29) is 12.5 Å². The molecule has 7 heteroatoms. The lowest BCUT2D eigenvalue weighted by molar-refractivity contribution is -0.129. The van der Waals surface area contributed by atoms with Crippen molar-refractivity contribution >= 4 is 29.3 Å². The summed E-state index contributed by atoms with van der Waals surface area (Å²) in [6, 6.07) is 7.65. The van der Waals surface area contributed by atoms with Crippen LogP contribution < -0.4 is 0 Å². The van der Waals surface area contributed by atoms with Gasteiger partial charge < -0.3 is 14.6 Å². The Balaban J connectivity index is 1.64. The summed E-state index contributed by atoms with van der Waals surface area (Å²) in [4.78, 5) is 18.9. The van der Waals surface area contributed by atoms with Crippen LogP contribution in [-0.2, 0) is 17.9 Å². The molecule has 1 amide bonds. The van der Waals surface area contributed by atoms with Crippen molar-refractivity contribution in [1.82, 2.24) is 14.5 Å². The average Bonchev–Trinajstić information content (AvgIpc) is 3.04. The van der Waals surface area contributed by atoms with Crippen LogP contribution in [0.4, 0.5) is 0 Å². The van der Waals surface area contributed by atoms with Crippen molar-refractivity contribution in [3.8, 4) is 0 Å². The lowest BCUT2D eigenvalue weighted by atomic mass is 9.99. The number of benzene rings is 1. The van der Waals surface area contributed by atoms with Crippen LogP contribution in [0.2, 0.25) is 5.02 Å². The van der Waals surface area contributed by atoms with Crippen LogP contribution in [-0.4, -0.2) is 44.3 Å². The van der Waals surface area contributed by atoms with Gasteiger partial charge in [-0.25, -0.2) is 4.98 Å². The maximum atomic E-state index is 12.5. The van der Waals surface area contributed by atoms with Gasteiger partial charge in [-0.1, -0.05) is 42.4 Å². The van der Waals surface area contributed by atoms with Crippen molar-refractivity contribution in [2.75, 3.05) is 18.8 Å². The van der Waals surface area contributed by atoms with Crippen LogP contribution in [0.15, 0.2) is 35.6 Å². The normalized spacial score (nSPS) is 15.4. The van der Waals surface area contributed by atoms with Crippen LogP contribution in [0.5, 0.6) is 0 Å². The Kier molecular flexibility index (Phi) is 6.62. The van der Waals surface area contributed by atoms with E-state index in [4.69, 9.17) is 11.6 Å². The number of rotatable bonds is 6. The van der Waals surface area contributed by atoms with E-state index in [1.807, 2.05) is 39.9 Å². The van der Waals surface area contributed by atoms with Crippen LogP contribution in [0.3, 0.4) is 0 Å². The van der Waals surface area contributed by atoms with Crippen LogP contribution in [0, 0.1) is 5.92 Å². The molecule has 1 fully saturated rings. The van der Waals surface area contributed by atoms with E-state index in [2.05, 4.69) is 11.9 Å². The third-order valence-corrected chi connectivity index (χ3v) is 5.91. The number of halogens is 1. The smallest absolute Gasteiger partial charge is 0.233 e. The van der Waals surface area contributed by atoms with Gasteiger partial charge >= 0.3 is 0 Å². The van der Waals surface area contributed by atoms with Crippen molar-refractivity contribution in [1.29, 1.82) is 0 Å². The molecule has 0 aliphatic carbocycles. The maximum absolute atomic E-state index is 12.5. The minimum atomic E-state index is -0.112. The summed E-state index contributed by atoms with van der Waals surface area (Å²) in [5.74, 6) is 1.24. The third-order valence-electron chi connectivity index (χ3n) is 4.68. The predicted molar refractivity (Wildman–Crippen MR) is 104 cm³/mol. The number of amides is 1. The highest BCUT2D eigenvalue weighted by atomic mass is 35.5. The second kappa shape index (κ2) is 8.93. The van der Waals surface area contributed by atoms with E-state index in [0.717, 1.165) is 36.7 Å². The maximum Gasteiger partial charge on any atom is 0.233 e. The van der Waals surface area contributed by atoms with Gasteiger partial charge in [-0.3, -0.25) is 4.79 Å². The molecule has 1 aromatic heterocycles. The molecule has 1 aromatic carbocycles. The number of carbonyl (C=O) groups is 1. The zero-order valence-electron chi connectivity index (χ0n) is 14.9. The molecule has 1 N–H and O–H groups in total. The van der Waals surface area contributed by atoms with Gasteiger partial charge in [0.25, 0.3) is 0 Å². The summed E-state index contributed by atoms with van der Waals surface area (Å²) in [5, 5.41) is 10.9. The molecule has 1 aliphatic rings. The fourth-order valence-electron chi connectivity index (χ4n) is 3.02. The number of carbonyl (C=O) groups excluding carboxylic acids is 1. The van der Waals surface area contributed by atoms with Gasteiger partial charge in [-0.05, 0) is 36.5 Å². The Bertz CT molecular complexity index is 740. The van der Waals surface area contributed by atoms with Crippen molar-refractivity contribution in [2.24, 2.45) is 5.92 Å². The summed E-state index contributed by atoms with van der Waals surface area (Å²) < 4.78 is 1.98. The van der Waals surface area contributed by atoms with Crippen LogP contribution in [0.1, 0.15) is 31.0 Å². The van der Waals surface area contributed by atoms with Crippen LogP contribution >= 0.6 is 23.4 Å². The lowest BCUT2D eigenvalue weighted by Gasteiger charge is -2.30. The van der Waals surface area contributed by atoms with Gasteiger partial charge in [0.05, 0.1) is 18.1 Å². The second-order valence-corrected chi connectivity index (χ2v) is 8.16. The van der Waals surface area contributed by atoms with Crippen LogP contribution in [0.25, 0.3) is 0 Å². The lowest BCUT2D eigenvalue weighted by Crippen LogP contribution is -2.38. The molecule has 1 saturated heterocycles. The molecule has 0 spiro atoms. The van der Waals surface area contributed by atoms with Crippen molar-refractivity contribution in [3.63, 3.8) is 0 Å². The number of aliphatic hydroxyl groups is 1. The summed E-state index contributed by atoms with van der Waals surface area (Å²) in [5.41, 5.74) is 1.70. The molecule has 0 bridgehead atoms. The molecule has 26 heavy (non-hydrogen) atoms. The fourth-order valence-corrected chi connectivity index (χ4v) is 4.04. The van der Waals surface area contributed by atoms with E-state index in [1.165, 1.54) is 11.8 Å². The Hall–Kier alpha value is -1.50. The number of aliphatic hydroxyl groups excluding tert-OH is 1. The number of thioether (sulfide) groups is 1. The zero-order valence-corrected chi connectivity index (χ0v) is 16.5. The number of aromatic nitrogens is 2. The number of piperidine rings is 1. The molecule has 0 unspecified atom stereocenters. The monoisotopic (exact) mass is 393 g/mol. The Morgan fingerprint density at radius 3 is 2.65 bits per heavy atom. The second-order valence-electron chi connectivity index (χ2n) is 6.78. The summed E-state index contributed by atoms with van der Waals surface area (Å²) in [6.45, 7) is 4.45. The largest absolute Gasteiger partial charge is 0.390 e. The first kappa shape index (κ1) is 19.3. The molecule has 2 aromatic rings. The molecule has 3 rings (SSSR count). The van der Waals surface area contributed by atoms with Crippen molar-refractivity contribution in [2.45, 2.75) is 38.1 Å². The fraction of sp³-hybridized carbons (Fsp3) is 0.474. The number of imidazole rings is 1. The summed E-state index contributed by atoms with van der Waals surface area (Å²) in [6.07, 6.45) is 4.00. The minimum absolute atomic E-state index is 0.112. The summed E-state index contributed by atoms with van der Waals surface area (Å²) >= 11 is 7.37. The molecule has 1 aliphatic heterocycles. The Labute approximate surface area is 163 Å². The Morgan fingerprint density at radius 2 is 2.00 bits per heavy atom. The highest BCUT2D eigenvalue weighted by Gasteiger charge is 2.21. The Morgan fingerprint density at radius 1 is 1.31 bits per heavy atom. The molecular formula is C19H24ClN3O2S. The van der Waals surface area contributed by atoms with Gasteiger partial charge in [-0.2, -0.15) is 0 Å². The molecule has 5 nitrogen and oxygen atoms in total. The van der Waals surface area contributed by atoms with Gasteiger partial charge in [0.15, 0.2) is 5.16 Å². The van der Waals surface area contributed by atoms with Crippen molar-refractivity contribution in [3.05, 3.63) is 46.7 Å². The SMILES string of the molecule is CC1CCN(C(=O)CSc2nc(CO)cn2Cc2ccc(Cl)cc2)CC1. The summed E-state index contributed by atoms with van der Waals surface area (Å²) in [7, 11) is 0. The van der Waals surface area contributed by atoms with E-state index >= 15 is 0 Å². The molecule has 0 radical (unpaired) electrons. The molecule has 0 saturated carbocycles. The zero-order chi connectivity index (χ0) is 18.5. The van der Waals surface area contributed by atoms with E-state index in [9.17, 15) is 9.90 Å². The molecule has 0 atom stereocenters. The molecular weight excluding hydrogens is 370 g/mol. The van der Waals surface area contributed by atoms with Gasteiger partial charge in [-0.15, -0.1) is 0 Å². The van der Waals surface area contributed by atoms with Gasteiger partial charge in [0, 0.05) is 30.9 Å². The van der Waals surface area contributed by atoms with E-state index in [1.54, 1.807) is 0 Å². The number of hydrogen-bond donors (Lipinski definition) is 1. The molecule has 140 valence electrons. The highest BCUT2D eigenvalue weighted by molar-refractivity contribution is 7.99. The third kappa shape index (κ3) is 5.02. The topological polar surface area (TPSA) is 58.4 Å². The number of hydrogen-bond acceptors (Lipinski definition) is 4. The first-order valence-electron chi connectivity index (χ1n) is 8.87. The standard InChI is InChI=1S/C19H24ClN3O2S/c1-14-6-8-22(9-7-14)18(25)13-26-19-21-17(12-24)11-23(19)10-15-2-4-16(20)5-3-15/h2-5,11,14,24H,6-10,12-13H2,1H3. The first-order chi connectivity index (χ1) is 12.5. The van der Waals surface area contributed by atoms with E-state index in [0.29, 0.717) is 28.9 Å². The van der Waals surface area contributed by atoms with E-state index < -0.39 is 0 Å². The number of nitrogens with zero attached hydrogens (tertiary/aromatic N) is 3. The first-order valence-corrected chi connectivity index (χ1v) is 10.2.